The lowest BCUT2D eigenvalue weighted by Crippen LogP contribution is -2.27. The van der Waals surface area contributed by atoms with E-state index in [4.69, 9.17) is 21.1 Å². The molecule has 0 radical (unpaired) electrons. The Labute approximate surface area is 168 Å². The number of hydrogen-bond acceptors (Lipinski definition) is 5. The molecule has 0 saturated heterocycles. The molecule has 0 aliphatic heterocycles. The summed E-state index contributed by atoms with van der Waals surface area (Å²) < 4.78 is 12.7. The third-order valence-electron chi connectivity index (χ3n) is 3.49. The van der Waals surface area contributed by atoms with Crippen LogP contribution in [0.5, 0.6) is 11.5 Å². The van der Waals surface area contributed by atoms with Crippen molar-refractivity contribution >= 4 is 33.5 Å². The highest BCUT2D eigenvalue weighted by Crippen LogP contribution is 2.28. The van der Waals surface area contributed by atoms with Gasteiger partial charge in [0.1, 0.15) is 18.1 Å². The van der Waals surface area contributed by atoms with E-state index in [1.165, 1.54) is 12.1 Å². The molecule has 3 aromatic rings. The molecule has 6 nitrogen and oxygen atoms in total. The molecule has 1 heterocycles. The van der Waals surface area contributed by atoms with Crippen molar-refractivity contribution in [1.82, 2.24) is 9.78 Å². The van der Waals surface area contributed by atoms with E-state index in [9.17, 15) is 9.59 Å². The fraction of sp³-hybridized carbons (Fsp3) is 0.105. The fourth-order valence-corrected chi connectivity index (χ4v) is 2.91. The van der Waals surface area contributed by atoms with Gasteiger partial charge in [-0.1, -0.05) is 45.7 Å². The average molecular weight is 450 g/mol. The Morgan fingerprint density at radius 1 is 1.11 bits per heavy atom. The quantitative estimate of drug-likeness (QED) is 0.421. The average Bonchev–Trinajstić information content (AvgIpc) is 2.66. The highest BCUT2D eigenvalue weighted by molar-refractivity contribution is 9.10. The second-order valence-corrected chi connectivity index (χ2v) is 6.73. The van der Waals surface area contributed by atoms with Gasteiger partial charge in [0.2, 0.25) is 0 Å². The molecule has 27 heavy (non-hydrogen) atoms. The fourth-order valence-electron chi connectivity index (χ4n) is 2.19. The summed E-state index contributed by atoms with van der Waals surface area (Å²) in [6.45, 7) is 0.419. The zero-order chi connectivity index (χ0) is 19.2. The van der Waals surface area contributed by atoms with Gasteiger partial charge >= 0.3 is 5.97 Å². The van der Waals surface area contributed by atoms with Crippen molar-refractivity contribution in [2.75, 3.05) is 6.61 Å². The Morgan fingerprint density at radius 2 is 1.89 bits per heavy atom. The van der Waals surface area contributed by atoms with Crippen molar-refractivity contribution in [1.29, 1.82) is 0 Å². The van der Waals surface area contributed by atoms with E-state index in [0.717, 1.165) is 9.15 Å². The Hall–Kier alpha value is -2.64. The summed E-state index contributed by atoms with van der Waals surface area (Å²) in [7, 11) is 0. The first-order chi connectivity index (χ1) is 13.0. The largest absolute Gasteiger partial charge is 0.492 e. The summed E-state index contributed by atoms with van der Waals surface area (Å²) in [5.74, 6) is 0.180. The molecular weight excluding hydrogens is 436 g/mol. The van der Waals surface area contributed by atoms with E-state index in [2.05, 4.69) is 21.0 Å². The zero-order valence-electron chi connectivity index (χ0n) is 14.0. The van der Waals surface area contributed by atoms with Crippen LogP contribution in [0.2, 0.25) is 5.02 Å². The van der Waals surface area contributed by atoms with Gasteiger partial charge < -0.3 is 9.47 Å². The van der Waals surface area contributed by atoms with Crippen molar-refractivity contribution in [3.8, 4) is 11.5 Å². The molecule has 8 heteroatoms. The standard InChI is InChI=1S/C19H14BrClN2O4/c20-13-6-8-17(15(21)12-13)27-19(25)16-7-9-18(24)23(22-16)10-11-26-14-4-2-1-3-5-14/h1-9,12H,10-11H2. The number of nitrogens with zero attached hydrogens (tertiary/aromatic N) is 2. The number of ether oxygens (including phenoxy) is 2. The predicted octanol–water partition coefficient (Wildman–Crippen LogP) is 3.96. The molecule has 0 N–H and O–H groups in total. The molecule has 0 unspecified atom stereocenters. The van der Waals surface area contributed by atoms with Gasteiger partial charge in [-0.2, -0.15) is 5.10 Å². The Morgan fingerprint density at radius 3 is 2.63 bits per heavy atom. The Balaban J connectivity index is 1.68. The van der Waals surface area contributed by atoms with Crippen molar-refractivity contribution in [2.24, 2.45) is 0 Å². The van der Waals surface area contributed by atoms with Crippen LogP contribution in [0.3, 0.4) is 0 Å². The smallest absolute Gasteiger partial charge is 0.364 e. The summed E-state index contributed by atoms with van der Waals surface area (Å²) in [5, 5.41) is 4.32. The number of para-hydroxylation sites is 1. The van der Waals surface area contributed by atoms with E-state index in [1.54, 1.807) is 18.2 Å². The van der Waals surface area contributed by atoms with Gasteiger partial charge in [-0.15, -0.1) is 0 Å². The lowest BCUT2D eigenvalue weighted by Gasteiger charge is -2.09. The monoisotopic (exact) mass is 448 g/mol. The van der Waals surface area contributed by atoms with Crippen molar-refractivity contribution in [2.45, 2.75) is 6.54 Å². The van der Waals surface area contributed by atoms with Gasteiger partial charge in [-0.3, -0.25) is 4.79 Å². The lowest BCUT2D eigenvalue weighted by atomic mass is 10.3. The van der Waals surface area contributed by atoms with Gasteiger partial charge in [0, 0.05) is 10.5 Å². The minimum atomic E-state index is -0.711. The van der Waals surface area contributed by atoms with Crippen LogP contribution >= 0.6 is 27.5 Å². The molecule has 0 fully saturated rings. The van der Waals surface area contributed by atoms with Gasteiger partial charge in [0.05, 0.1) is 11.6 Å². The third kappa shape index (κ3) is 5.18. The molecule has 0 atom stereocenters. The van der Waals surface area contributed by atoms with Crippen LogP contribution in [-0.2, 0) is 6.54 Å². The lowest BCUT2D eigenvalue weighted by molar-refractivity contribution is 0.0725. The first-order valence-corrected chi connectivity index (χ1v) is 9.13. The van der Waals surface area contributed by atoms with Crippen LogP contribution in [0.25, 0.3) is 0 Å². The molecule has 0 aliphatic carbocycles. The number of carbonyl (C=O) groups excluding carboxylic acids is 1. The van der Waals surface area contributed by atoms with E-state index >= 15 is 0 Å². The molecule has 0 bridgehead atoms. The number of esters is 1. The molecule has 0 amide bonds. The highest BCUT2D eigenvalue weighted by atomic mass is 79.9. The Bertz CT molecular complexity index is 1010. The van der Waals surface area contributed by atoms with E-state index < -0.39 is 5.97 Å². The molecule has 0 aliphatic rings. The topological polar surface area (TPSA) is 70.4 Å². The number of hydrogen-bond donors (Lipinski definition) is 0. The summed E-state index contributed by atoms with van der Waals surface area (Å²) in [6.07, 6.45) is 0. The van der Waals surface area contributed by atoms with Crippen LogP contribution in [0.4, 0.5) is 0 Å². The first-order valence-electron chi connectivity index (χ1n) is 7.96. The summed E-state index contributed by atoms with van der Waals surface area (Å²) >= 11 is 9.32. The van der Waals surface area contributed by atoms with Crippen molar-refractivity contribution in [3.05, 3.63) is 86.2 Å². The summed E-state index contributed by atoms with van der Waals surface area (Å²) in [6, 6.07) is 16.6. The van der Waals surface area contributed by atoms with Crippen LogP contribution in [0.15, 0.2) is 69.9 Å². The molecule has 0 saturated carbocycles. The number of rotatable bonds is 6. The van der Waals surface area contributed by atoms with Crippen LogP contribution in [0, 0.1) is 0 Å². The molecule has 1 aromatic heterocycles. The maximum atomic E-state index is 12.3. The molecule has 3 rings (SSSR count). The minimum absolute atomic E-state index is 0.00621. The molecule has 2 aromatic carbocycles. The maximum Gasteiger partial charge on any atom is 0.364 e. The summed E-state index contributed by atoms with van der Waals surface area (Å²) in [4.78, 5) is 24.3. The minimum Gasteiger partial charge on any atom is -0.492 e. The normalized spacial score (nSPS) is 10.4. The molecular formula is C19H14BrClN2O4. The number of halogens is 2. The van der Waals surface area contributed by atoms with Crippen LogP contribution in [-0.4, -0.2) is 22.4 Å². The van der Waals surface area contributed by atoms with Crippen molar-refractivity contribution in [3.63, 3.8) is 0 Å². The van der Waals surface area contributed by atoms with Gasteiger partial charge in [0.15, 0.2) is 5.69 Å². The van der Waals surface area contributed by atoms with Gasteiger partial charge in [0.25, 0.3) is 5.56 Å². The second-order valence-electron chi connectivity index (χ2n) is 5.41. The van der Waals surface area contributed by atoms with E-state index in [1.807, 2.05) is 30.3 Å². The predicted molar refractivity (Wildman–Crippen MR) is 105 cm³/mol. The Kier molecular flexibility index (Phi) is 6.26. The van der Waals surface area contributed by atoms with E-state index in [0.29, 0.717) is 5.75 Å². The van der Waals surface area contributed by atoms with Gasteiger partial charge in [-0.05, 0) is 36.4 Å². The SMILES string of the molecule is O=C(Oc1ccc(Br)cc1Cl)c1ccc(=O)n(CCOc2ccccc2)n1. The maximum absolute atomic E-state index is 12.3. The number of carbonyl (C=O) groups is 1. The van der Waals surface area contributed by atoms with Crippen LogP contribution in [0.1, 0.15) is 10.5 Å². The number of aromatic nitrogens is 2. The second kappa shape index (κ2) is 8.83. The van der Waals surface area contributed by atoms with E-state index in [-0.39, 0.29) is 35.2 Å². The third-order valence-corrected chi connectivity index (χ3v) is 4.28. The van der Waals surface area contributed by atoms with Crippen molar-refractivity contribution < 1.29 is 14.3 Å². The molecule has 0 spiro atoms. The first kappa shape index (κ1) is 19.1. The zero-order valence-corrected chi connectivity index (χ0v) is 16.3. The highest BCUT2D eigenvalue weighted by Gasteiger charge is 2.14. The summed E-state index contributed by atoms with van der Waals surface area (Å²) in [5.41, 5.74) is -0.349. The number of benzene rings is 2. The van der Waals surface area contributed by atoms with Gasteiger partial charge in [-0.25, -0.2) is 9.48 Å². The van der Waals surface area contributed by atoms with Crippen LogP contribution < -0.4 is 15.0 Å². The molecule has 138 valence electrons.